The third-order valence-corrected chi connectivity index (χ3v) is 5.77. The summed E-state index contributed by atoms with van der Waals surface area (Å²) in [6, 6.07) is 6.22. The molecule has 5 heteroatoms. The maximum Gasteiger partial charge on any atom is 0.224 e. The Bertz CT molecular complexity index is 749. The SMILES string of the molecule is O=C(NCc1nc(C2CC2)c2ccccn12)C1[C@@H]2CNC[C@H]1C2. The smallest absolute Gasteiger partial charge is 0.224 e. The zero-order valence-corrected chi connectivity index (χ0v) is 13.2. The maximum atomic E-state index is 12.5. The van der Waals surface area contributed by atoms with Gasteiger partial charge in [-0.3, -0.25) is 4.79 Å². The third-order valence-electron chi connectivity index (χ3n) is 5.77. The highest BCUT2D eigenvalue weighted by Gasteiger charge is 2.47. The summed E-state index contributed by atoms with van der Waals surface area (Å²) < 4.78 is 2.14. The molecule has 2 aromatic rings. The molecular weight excluding hydrogens is 288 g/mol. The van der Waals surface area contributed by atoms with Crippen LogP contribution in [0.4, 0.5) is 0 Å². The average Bonchev–Trinajstić information content (AvgIpc) is 3.35. The van der Waals surface area contributed by atoms with Crippen molar-refractivity contribution >= 4 is 11.4 Å². The number of nitrogens with zero attached hydrogens (tertiary/aromatic N) is 2. The summed E-state index contributed by atoms with van der Waals surface area (Å²) in [6.07, 6.45) is 5.75. The molecule has 0 spiro atoms. The summed E-state index contributed by atoms with van der Waals surface area (Å²) in [7, 11) is 0. The average molecular weight is 310 g/mol. The molecule has 1 unspecified atom stereocenters. The second kappa shape index (κ2) is 5.06. The van der Waals surface area contributed by atoms with Crippen LogP contribution < -0.4 is 10.6 Å². The Morgan fingerprint density at radius 3 is 2.87 bits per heavy atom. The van der Waals surface area contributed by atoms with Crippen LogP contribution in [0.15, 0.2) is 24.4 Å². The molecule has 3 fully saturated rings. The number of nitrogens with one attached hydrogen (secondary N) is 2. The highest BCUT2D eigenvalue weighted by molar-refractivity contribution is 5.80. The number of aromatic nitrogens is 2. The predicted molar refractivity (Wildman–Crippen MR) is 87.0 cm³/mol. The van der Waals surface area contributed by atoms with Crippen LogP contribution in [0.25, 0.3) is 5.52 Å². The van der Waals surface area contributed by atoms with E-state index < -0.39 is 0 Å². The van der Waals surface area contributed by atoms with Crippen LogP contribution in [0.2, 0.25) is 0 Å². The highest BCUT2D eigenvalue weighted by Crippen LogP contribution is 2.43. The van der Waals surface area contributed by atoms with E-state index in [9.17, 15) is 4.79 Å². The first-order valence-electron chi connectivity index (χ1n) is 8.75. The number of fused-ring (bicyclic) bond motifs is 3. The molecule has 1 aliphatic heterocycles. The van der Waals surface area contributed by atoms with Crippen molar-refractivity contribution < 1.29 is 4.79 Å². The van der Waals surface area contributed by atoms with E-state index in [1.54, 1.807) is 0 Å². The van der Waals surface area contributed by atoms with Gasteiger partial charge in [-0.25, -0.2) is 4.98 Å². The fourth-order valence-electron chi connectivity index (χ4n) is 4.37. The Hall–Kier alpha value is -1.88. The Morgan fingerprint density at radius 2 is 2.13 bits per heavy atom. The monoisotopic (exact) mass is 310 g/mol. The lowest BCUT2D eigenvalue weighted by Crippen LogP contribution is -2.58. The van der Waals surface area contributed by atoms with Crippen molar-refractivity contribution in [2.75, 3.05) is 13.1 Å². The van der Waals surface area contributed by atoms with Gasteiger partial charge in [-0.15, -0.1) is 0 Å². The number of imidazole rings is 1. The lowest BCUT2D eigenvalue weighted by atomic mass is 9.62. The number of hydrogen-bond donors (Lipinski definition) is 2. The van der Waals surface area contributed by atoms with Gasteiger partial charge in [-0.05, 0) is 56.3 Å². The van der Waals surface area contributed by atoms with Gasteiger partial charge < -0.3 is 15.0 Å². The highest BCUT2D eigenvalue weighted by atomic mass is 16.2. The molecule has 0 radical (unpaired) electrons. The largest absolute Gasteiger partial charge is 0.349 e. The molecular formula is C18H22N4O. The van der Waals surface area contributed by atoms with Gasteiger partial charge in [0, 0.05) is 18.0 Å². The molecule has 5 rings (SSSR count). The van der Waals surface area contributed by atoms with Gasteiger partial charge in [0.15, 0.2) is 0 Å². The molecule has 1 saturated heterocycles. The van der Waals surface area contributed by atoms with Gasteiger partial charge in [0.2, 0.25) is 5.91 Å². The first-order valence-corrected chi connectivity index (χ1v) is 8.75. The lowest BCUT2D eigenvalue weighted by Gasteiger charge is -2.48. The van der Waals surface area contributed by atoms with Crippen LogP contribution in [0.5, 0.6) is 0 Å². The normalized spacial score (nSPS) is 29.3. The fraction of sp³-hybridized carbons (Fsp3) is 0.556. The number of rotatable bonds is 4. The van der Waals surface area contributed by atoms with Crippen LogP contribution >= 0.6 is 0 Å². The molecule has 3 atom stereocenters. The van der Waals surface area contributed by atoms with Crippen molar-refractivity contribution in [1.82, 2.24) is 20.0 Å². The van der Waals surface area contributed by atoms with E-state index >= 15 is 0 Å². The van der Waals surface area contributed by atoms with Crippen LogP contribution in [0.3, 0.4) is 0 Å². The molecule has 3 aliphatic rings. The minimum Gasteiger partial charge on any atom is -0.349 e. The second-order valence-corrected chi connectivity index (χ2v) is 7.30. The predicted octanol–water partition coefficient (Wildman–Crippen LogP) is 1.68. The van der Waals surface area contributed by atoms with Gasteiger partial charge in [-0.2, -0.15) is 0 Å². The molecule has 23 heavy (non-hydrogen) atoms. The summed E-state index contributed by atoms with van der Waals surface area (Å²) in [4.78, 5) is 17.4. The first kappa shape index (κ1) is 13.5. The minimum atomic E-state index is 0.213. The van der Waals surface area contributed by atoms with Crippen LogP contribution in [0.1, 0.15) is 36.7 Å². The fourth-order valence-corrected chi connectivity index (χ4v) is 4.37. The Morgan fingerprint density at radius 1 is 1.30 bits per heavy atom. The summed E-state index contributed by atoms with van der Waals surface area (Å²) in [5.41, 5.74) is 2.41. The number of pyridine rings is 1. The molecule has 2 aromatic heterocycles. The summed E-state index contributed by atoms with van der Waals surface area (Å²) in [6.45, 7) is 2.51. The van der Waals surface area contributed by atoms with Crippen molar-refractivity contribution in [1.29, 1.82) is 0 Å². The van der Waals surface area contributed by atoms with E-state index in [1.807, 2.05) is 6.07 Å². The van der Waals surface area contributed by atoms with E-state index in [4.69, 9.17) is 4.98 Å². The third kappa shape index (κ3) is 2.17. The molecule has 3 heterocycles. The summed E-state index contributed by atoms with van der Waals surface area (Å²) in [5, 5.41) is 6.54. The zero-order valence-electron chi connectivity index (χ0n) is 13.2. The van der Waals surface area contributed by atoms with Gasteiger partial charge >= 0.3 is 0 Å². The summed E-state index contributed by atoms with van der Waals surface area (Å²) >= 11 is 0. The van der Waals surface area contributed by atoms with Crippen molar-refractivity contribution in [3.05, 3.63) is 35.9 Å². The van der Waals surface area contributed by atoms with Crippen molar-refractivity contribution in [3.8, 4) is 0 Å². The van der Waals surface area contributed by atoms with E-state index in [0.717, 1.165) is 18.9 Å². The Labute approximate surface area is 135 Å². The number of amides is 1. The zero-order chi connectivity index (χ0) is 15.4. The topological polar surface area (TPSA) is 58.4 Å². The molecule has 2 N–H and O–H groups in total. The molecule has 1 amide bonds. The molecule has 2 bridgehead atoms. The maximum absolute atomic E-state index is 12.5. The first-order chi connectivity index (χ1) is 11.3. The van der Waals surface area contributed by atoms with Crippen LogP contribution in [0, 0.1) is 17.8 Å². The Balaban J connectivity index is 1.34. The minimum absolute atomic E-state index is 0.213. The standard InChI is InChI=1S/C18H22N4O/c23-18(16-12-7-13(16)9-19-8-12)20-10-15-21-17(11-4-5-11)14-3-1-2-6-22(14)15/h1-3,6,11-13,16,19H,4-5,7-10H2,(H,20,23)/t12-,13+,16?. The van der Waals surface area contributed by atoms with Gasteiger partial charge in [0.1, 0.15) is 5.82 Å². The van der Waals surface area contributed by atoms with Crippen LogP contribution in [-0.4, -0.2) is 28.4 Å². The quantitative estimate of drug-likeness (QED) is 0.903. The van der Waals surface area contributed by atoms with E-state index in [0.29, 0.717) is 24.3 Å². The number of hydrogen-bond acceptors (Lipinski definition) is 3. The molecule has 2 saturated carbocycles. The van der Waals surface area contributed by atoms with Gasteiger partial charge in [0.05, 0.1) is 17.8 Å². The van der Waals surface area contributed by atoms with E-state index in [1.165, 1.54) is 30.5 Å². The molecule has 0 aromatic carbocycles. The molecule has 2 aliphatic carbocycles. The summed E-state index contributed by atoms with van der Waals surface area (Å²) in [5.74, 6) is 3.08. The van der Waals surface area contributed by atoms with Crippen LogP contribution in [-0.2, 0) is 11.3 Å². The van der Waals surface area contributed by atoms with Crippen molar-refractivity contribution in [2.24, 2.45) is 17.8 Å². The van der Waals surface area contributed by atoms with Gasteiger partial charge in [0.25, 0.3) is 0 Å². The van der Waals surface area contributed by atoms with Gasteiger partial charge in [-0.1, -0.05) is 6.07 Å². The number of carbonyl (C=O) groups is 1. The number of carbonyl (C=O) groups excluding carboxylic acids is 1. The number of piperidine rings is 2. The molecule has 5 nitrogen and oxygen atoms in total. The Kier molecular flexibility index (Phi) is 2.98. The lowest BCUT2D eigenvalue weighted by molar-refractivity contribution is -0.136. The van der Waals surface area contributed by atoms with E-state index in [-0.39, 0.29) is 11.8 Å². The van der Waals surface area contributed by atoms with Crippen molar-refractivity contribution in [3.63, 3.8) is 0 Å². The second-order valence-electron chi connectivity index (χ2n) is 7.30. The van der Waals surface area contributed by atoms with E-state index in [2.05, 4.69) is 33.4 Å². The molecule has 120 valence electrons. The van der Waals surface area contributed by atoms with Crippen molar-refractivity contribution in [2.45, 2.75) is 31.7 Å².